The summed E-state index contributed by atoms with van der Waals surface area (Å²) >= 11 is 7.11. The van der Waals surface area contributed by atoms with E-state index in [1.54, 1.807) is 48.5 Å². The molecule has 1 heterocycles. The second-order valence-electron chi connectivity index (χ2n) is 5.80. The van der Waals surface area contributed by atoms with Gasteiger partial charge in [0.15, 0.2) is 11.6 Å². The molecular weight excluding hydrogens is 382 g/mol. The number of aryl methyl sites for hydroxylation is 1. The molecule has 2 aromatic carbocycles. The van der Waals surface area contributed by atoms with Gasteiger partial charge in [0, 0.05) is 16.1 Å². The molecule has 1 aromatic heterocycles. The van der Waals surface area contributed by atoms with Crippen LogP contribution in [-0.4, -0.2) is 27.6 Å². The second-order valence-corrected chi connectivity index (χ2v) is 7.23. The first-order valence-electron chi connectivity index (χ1n) is 8.14. The average molecular weight is 398 g/mol. The van der Waals surface area contributed by atoms with Gasteiger partial charge in [-0.3, -0.25) is 9.59 Å². The molecule has 0 bridgehead atoms. The molecule has 3 rings (SSSR count). The first-order chi connectivity index (χ1) is 13.0. The molecule has 3 aromatic rings. The fourth-order valence-corrected chi connectivity index (χ4v) is 3.05. The van der Waals surface area contributed by atoms with Crippen LogP contribution in [0.15, 0.2) is 65.7 Å². The Bertz CT molecular complexity index is 942. The summed E-state index contributed by atoms with van der Waals surface area (Å²) in [5, 5.41) is 11.9. The first-order valence-corrected chi connectivity index (χ1v) is 9.51. The number of aromatic nitrogens is 2. The monoisotopic (exact) mass is 397 g/mol. The fraction of sp³-hybridized carbons (Fsp3) is 0.100. The molecule has 1 N–H and O–H groups in total. The molecule has 0 radical (unpaired) electrons. The van der Waals surface area contributed by atoms with Gasteiger partial charge in [-0.15, -0.1) is 10.2 Å². The van der Waals surface area contributed by atoms with Gasteiger partial charge in [0.05, 0.1) is 5.75 Å². The Labute approximate surface area is 166 Å². The Balaban J connectivity index is 1.55. The number of nitrogens with one attached hydrogen (secondary N) is 1. The SMILES string of the molecule is Cc1ccc(C(=O)Nc2ccc(SCC(=O)c3ccc(Cl)cc3)nn2)cc1. The quantitative estimate of drug-likeness (QED) is 0.483. The number of amides is 1. The lowest BCUT2D eigenvalue weighted by atomic mass is 10.1. The Hall–Kier alpha value is -2.70. The fourth-order valence-electron chi connectivity index (χ4n) is 2.22. The third-order valence-electron chi connectivity index (χ3n) is 3.71. The number of ketones is 1. The smallest absolute Gasteiger partial charge is 0.256 e. The maximum atomic E-state index is 12.2. The van der Waals surface area contributed by atoms with Gasteiger partial charge >= 0.3 is 0 Å². The number of nitrogens with zero attached hydrogens (tertiary/aromatic N) is 2. The lowest BCUT2D eigenvalue weighted by Gasteiger charge is -2.05. The van der Waals surface area contributed by atoms with E-state index in [0.29, 0.717) is 27.0 Å². The summed E-state index contributed by atoms with van der Waals surface area (Å²) in [4.78, 5) is 24.3. The minimum absolute atomic E-state index is 0.0183. The summed E-state index contributed by atoms with van der Waals surface area (Å²) in [6, 6.07) is 17.4. The van der Waals surface area contributed by atoms with Crippen LogP contribution in [0.4, 0.5) is 5.82 Å². The molecule has 0 fully saturated rings. The molecule has 0 aliphatic carbocycles. The van der Waals surface area contributed by atoms with Crippen molar-refractivity contribution in [1.82, 2.24) is 10.2 Å². The second kappa shape index (κ2) is 8.79. The van der Waals surface area contributed by atoms with Crippen molar-refractivity contribution < 1.29 is 9.59 Å². The minimum Gasteiger partial charge on any atom is -0.305 e. The summed E-state index contributed by atoms with van der Waals surface area (Å²) < 4.78 is 0. The molecule has 0 aliphatic heterocycles. The van der Waals surface area contributed by atoms with E-state index in [1.807, 2.05) is 19.1 Å². The number of carbonyl (C=O) groups excluding carboxylic acids is 2. The molecule has 0 atom stereocenters. The van der Waals surface area contributed by atoms with Crippen LogP contribution in [0.25, 0.3) is 0 Å². The number of carbonyl (C=O) groups is 2. The van der Waals surface area contributed by atoms with E-state index in [9.17, 15) is 9.59 Å². The van der Waals surface area contributed by atoms with Crippen molar-refractivity contribution in [2.24, 2.45) is 0 Å². The normalized spacial score (nSPS) is 10.4. The number of halogens is 1. The van der Waals surface area contributed by atoms with Gasteiger partial charge in [-0.2, -0.15) is 0 Å². The van der Waals surface area contributed by atoms with E-state index in [1.165, 1.54) is 11.8 Å². The standard InChI is InChI=1S/C20H16ClN3O2S/c1-13-2-4-15(5-3-13)20(26)22-18-10-11-19(24-23-18)27-12-17(25)14-6-8-16(21)9-7-14/h2-11H,12H2,1H3,(H,22,23,26). The zero-order chi connectivity index (χ0) is 19.2. The number of hydrogen-bond donors (Lipinski definition) is 1. The van der Waals surface area contributed by atoms with Gasteiger partial charge in [0.25, 0.3) is 5.91 Å². The summed E-state index contributed by atoms with van der Waals surface area (Å²) in [6.45, 7) is 1.96. The van der Waals surface area contributed by atoms with Crippen molar-refractivity contribution in [3.63, 3.8) is 0 Å². The number of hydrogen-bond acceptors (Lipinski definition) is 5. The van der Waals surface area contributed by atoms with Crippen LogP contribution in [0.3, 0.4) is 0 Å². The van der Waals surface area contributed by atoms with Gasteiger partial charge in [0.2, 0.25) is 0 Å². The van der Waals surface area contributed by atoms with Crippen molar-refractivity contribution in [1.29, 1.82) is 0 Å². The van der Waals surface area contributed by atoms with Gasteiger partial charge in [-0.25, -0.2) is 0 Å². The van der Waals surface area contributed by atoms with Crippen LogP contribution >= 0.6 is 23.4 Å². The average Bonchev–Trinajstić information content (AvgIpc) is 2.68. The van der Waals surface area contributed by atoms with Crippen LogP contribution in [0.5, 0.6) is 0 Å². The van der Waals surface area contributed by atoms with Crippen molar-refractivity contribution in [3.05, 3.63) is 82.4 Å². The number of Topliss-reactive ketones (excluding diaryl/α,β-unsaturated/α-hetero) is 1. The van der Waals surface area contributed by atoms with Crippen LogP contribution < -0.4 is 5.32 Å². The predicted octanol–water partition coefficient (Wildman–Crippen LogP) is 4.67. The highest BCUT2D eigenvalue weighted by Crippen LogP contribution is 2.18. The number of rotatable bonds is 6. The molecule has 0 saturated heterocycles. The van der Waals surface area contributed by atoms with Gasteiger partial charge in [0.1, 0.15) is 5.03 Å². The molecule has 0 spiro atoms. The van der Waals surface area contributed by atoms with Crippen molar-refractivity contribution in [2.75, 3.05) is 11.1 Å². The third kappa shape index (κ3) is 5.39. The number of anilines is 1. The maximum Gasteiger partial charge on any atom is 0.256 e. The molecule has 0 unspecified atom stereocenters. The van der Waals surface area contributed by atoms with E-state index in [2.05, 4.69) is 15.5 Å². The minimum atomic E-state index is -0.248. The molecule has 136 valence electrons. The summed E-state index contributed by atoms with van der Waals surface area (Å²) in [5.74, 6) is 0.331. The van der Waals surface area contributed by atoms with Gasteiger partial charge in [-0.05, 0) is 55.5 Å². The van der Waals surface area contributed by atoms with Crippen molar-refractivity contribution >= 4 is 40.9 Å². The van der Waals surface area contributed by atoms with E-state index < -0.39 is 0 Å². The summed E-state index contributed by atoms with van der Waals surface area (Å²) in [5.41, 5.74) is 2.23. The van der Waals surface area contributed by atoms with E-state index in [-0.39, 0.29) is 17.4 Å². The summed E-state index contributed by atoms with van der Waals surface area (Å²) in [6.07, 6.45) is 0. The Morgan fingerprint density at radius 3 is 2.22 bits per heavy atom. The summed E-state index contributed by atoms with van der Waals surface area (Å²) in [7, 11) is 0. The van der Waals surface area contributed by atoms with Gasteiger partial charge in [-0.1, -0.05) is 41.1 Å². The van der Waals surface area contributed by atoms with Crippen molar-refractivity contribution in [3.8, 4) is 0 Å². The van der Waals surface area contributed by atoms with Gasteiger partial charge < -0.3 is 5.32 Å². The maximum absolute atomic E-state index is 12.2. The van der Waals surface area contributed by atoms with E-state index in [0.717, 1.165) is 5.56 Å². The Morgan fingerprint density at radius 2 is 1.59 bits per heavy atom. The van der Waals surface area contributed by atoms with Crippen LogP contribution in [-0.2, 0) is 0 Å². The lowest BCUT2D eigenvalue weighted by Crippen LogP contribution is -2.13. The lowest BCUT2D eigenvalue weighted by molar-refractivity contribution is 0.101. The highest BCUT2D eigenvalue weighted by atomic mass is 35.5. The van der Waals surface area contributed by atoms with Crippen LogP contribution in [0, 0.1) is 6.92 Å². The number of benzene rings is 2. The largest absolute Gasteiger partial charge is 0.305 e. The third-order valence-corrected chi connectivity index (χ3v) is 4.88. The highest BCUT2D eigenvalue weighted by molar-refractivity contribution is 7.99. The molecule has 7 heteroatoms. The zero-order valence-corrected chi connectivity index (χ0v) is 16.1. The topological polar surface area (TPSA) is 72.0 Å². The first kappa shape index (κ1) is 19.1. The molecule has 1 amide bonds. The molecule has 0 aliphatic rings. The highest BCUT2D eigenvalue weighted by Gasteiger charge is 2.09. The number of thioether (sulfide) groups is 1. The van der Waals surface area contributed by atoms with Crippen LogP contribution in [0.2, 0.25) is 5.02 Å². The van der Waals surface area contributed by atoms with Crippen LogP contribution in [0.1, 0.15) is 26.3 Å². The molecule has 5 nitrogen and oxygen atoms in total. The molecule has 27 heavy (non-hydrogen) atoms. The van der Waals surface area contributed by atoms with Crippen molar-refractivity contribution in [2.45, 2.75) is 11.9 Å². The van der Waals surface area contributed by atoms with E-state index in [4.69, 9.17) is 11.6 Å². The zero-order valence-electron chi connectivity index (χ0n) is 14.5. The van der Waals surface area contributed by atoms with E-state index >= 15 is 0 Å². The molecular formula is C20H16ClN3O2S. The predicted molar refractivity (Wildman–Crippen MR) is 108 cm³/mol. The Kier molecular flexibility index (Phi) is 6.21. The molecule has 0 saturated carbocycles. The Morgan fingerprint density at radius 1 is 0.926 bits per heavy atom.